The van der Waals surface area contributed by atoms with E-state index in [2.05, 4.69) is 9.47 Å². The highest BCUT2D eigenvalue weighted by molar-refractivity contribution is 6.41. The van der Waals surface area contributed by atoms with Crippen molar-refractivity contribution in [2.24, 2.45) is 0 Å². The van der Waals surface area contributed by atoms with Crippen molar-refractivity contribution in [1.82, 2.24) is 0 Å². The molecule has 0 saturated carbocycles. The van der Waals surface area contributed by atoms with E-state index in [4.69, 9.17) is 0 Å². The zero-order valence-electron chi connectivity index (χ0n) is 18.0. The third kappa shape index (κ3) is 7.48. The van der Waals surface area contributed by atoms with Gasteiger partial charge in [-0.25, -0.2) is 9.59 Å². The third-order valence-corrected chi connectivity index (χ3v) is 5.10. The Kier molecular flexibility index (Phi) is 9.62. The molecule has 164 valence electrons. The second kappa shape index (κ2) is 12.4. The molecule has 6 heteroatoms. The Labute approximate surface area is 182 Å². The first-order valence-electron chi connectivity index (χ1n) is 10.4. The molecule has 0 N–H and O–H groups in total. The number of unbranched alkanes of at least 4 members (excludes halogenated alkanes) is 4. The maximum atomic E-state index is 11.7. The van der Waals surface area contributed by atoms with Gasteiger partial charge in [0.25, 0.3) is 11.6 Å². The number of methoxy groups -OCH3 is 2. The lowest BCUT2D eigenvalue weighted by Crippen LogP contribution is -2.15. The zero-order chi connectivity index (χ0) is 22.6. The van der Waals surface area contributed by atoms with Crippen molar-refractivity contribution < 1.29 is 28.7 Å². The van der Waals surface area contributed by atoms with Crippen molar-refractivity contribution in [2.45, 2.75) is 44.9 Å². The lowest BCUT2D eigenvalue weighted by atomic mass is 10.0. The minimum absolute atomic E-state index is 0.346. The Morgan fingerprint density at radius 1 is 0.548 bits per heavy atom. The van der Waals surface area contributed by atoms with Crippen molar-refractivity contribution in [2.75, 3.05) is 14.2 Å². The number of Topliss-reactive ketones (excluding diaryl/α,β-unsaturated/α-hetero) is 2. The highest BCUT2D eigenvalue weighted by atomic mass is 16.5. The Bertz CT molecular complexity index is 821. The summed E-state index contributed by atoms with van der Waals surface area (Å²) in [5, 5.41) is 0. The van der Waals surface area contributed by atoms with Crippen LogP contribution in [0.5, 0.6) is 0 Å². The van der Waals surface area contributed by atoms with Crippen LogP contribution in [0.1, 0.15) is 63.9 Å². The molecule has 6 nitrogen and oxygen atoms in total. The summed E-state index contributed by atoms with van der Waals surface area (Å²) >= 11 is 0. The van der Waals surface area contributed by atoms with E-state index in [-0.39, 0.29) is 0 Å². The van der Waals surface area contributed by atoms with Crippen LogP contribution in [0.25, 0.3) is 0 Å². The molecule has 0 bridgehead atoms. The molecule has 0 amide bonds. The van der Waals surface area contributed by atoms with E-state index in [9.17, 15) is 19.2 Å². The van der Waals surface area contributed by atoms with Crippen molar-refractivity contribution in [3.05, 3.63) is 70.8 Å². The van der Waals surface area contributed by atoms with Crippen LogP contribution in [0.4, 0.5) is 0 Å². The summed E-state index contributed by atoms with van der Waals surface area (Å²) in [6.07, 6.45) is 7.37. The van der Waals surface area contributed by atoms with Crippen LogP contribution in [-0.4, -0.2) is 37.7 Å². The molecule has 0 heterocycles. The van der Waals surface area contributed by atoms with Crippen molar-refractivity contribution in [1.29, 1.82) is 0 Å². The molecule has 0 aliphatic rings. The molecule has 2 rings (SSSR count). The summed E-state index contributed by atoms with van der Waals surface area (Å²) in [6, 6.07) is 14.2. The molecule has 0 aromatic heterocycles. The average molecular weight is 424 g/mol. The number of hydrogen-bond donors (Lipinski definition) is 0. The van der Waals surface area contributed by atoms with Crippen molar-refractivity contribution in [3.63, 3.8) is 0 Å². The van der Waals surface area contributed by atoms with E-state index >= 15 is 0 Å². The SMILES string of the molecule is COC(=O)C(=O)c1ccc(CCCCCCCc2ccc(C(=O)C(=O)OC)cc2)cc1. The van der Waals surface area contributed by atoms with Crippen molar-refractivity contribution >= 4 is 23.5 Å². The molecular weight excluding hydrogens is 396 g/mol. The normalized spacial score (nSPS) is 10.4. The van der Waals surface area contributed by atoms with Crippen LogP contribution in [-0.2, 0) is 31.9 Å². The van der Waals surface area contributed by atoms with Gasteiger partial charge in [0.1, 0.15) is 0 Å². The quantitative estimate of drug-likeness (QED) is 0.220. The average Bonchev–Trinajstić information content (AvgIpc) is 2.82. The van der Waals surface area contributed by atoms with E-state index in [0.717, 1.165) is 56.1 Å². The molecule has 0 fully saturated rings. The summed E-state index contributed by atoms with van der Waals surface area (Å²) < 4.78 is 8.89. The Morgan fingerprint density at radius 3 is 1.19 bits per heavy atom. The molecule has 0 atom stereocenters. The second-order valence-electron chi connectivity index (χ2n) is 7.30. The molecular formula is C25H28O6. The number of ether oxygens (including phenoxy) is 2. The monoisotopic (exact) mass is 424 g/mol. The zero-order valence-corrected chi connectivity index (χ0v) is 18.0. The summed E-state index contributed by atoms with van der Waals surface area (Å²) in [4.78, 5) is 46.0. The van der Waals surface area contributed by atoms with Crippen molar-refractivity contribution in [3.8, 4) is 0 Å². The van der Waals surface area contributed by atoms with Crippen LogP contribution >= 0.6 is 0 Å². The van der Waals surface area contributed by atoms with Gasteiger partial charge in [-0.05, 0) is 36.8 Å². The summed E-state index contributed by atoms with van der Waals surface area (Å²) in [5.41, 5.74) is 2.97. The topological polar surface area (TPSA) is 86.7 Å². The van der Waals surface area contributed by atoms with E-state index in [1.54, 1.807) is 24.3 Å². The van der Waals surface area contributed by atoms with E-state index in [1.165, 1.54) is 14.2 Å². The molecule has 0 radical (unpaired) electrons. The van der Waals surface area contributed by atoms with Crippen LogP contribution in [0.3, 0.4) is 0 Å². The lowest BCUT2D eigenvalue weighted by Gasteiger charge is -2.05. The largest absolute Gasteiger partial charge is 0.463 e. The fourth-order valence-corrected chi connectivity index (χ4v) is 3.26. The van der Waals surface area contributed by atoms with Gasteiger partial charge in [-0.3, -0.25) is 9.59 Å². The van der Waals surface area contributed by atoms with Gasteiger partial charge in [0.2, 0.25) is 0 Å². The van der Waals surface area contributed by atoms with Crippen LogP contribution < -0.4 is 0 Å². The van der Waals surface area contributed by atoms with Crippen LogP contribution in [0, 0.1) is 0 Å². The Morgan fingerprint density at radius 2 is 0.871 bits per heavy atom. The highest BCUT2D eigenvalue weighted by Gasteiger charge is 2.16. The first-order valence-corrected chi connectivity index (χ1v) is 10.4. The molecule has 0 saturated heterocycles. The molecule has 0 aliphatic heterocycles. The predicted octanol–water partition coefficient (Wildman–Crippen LogP) is 4.13. The van der Waals surface area contributed by atoms with Gasteiger partial charge in [-0.2, -0.15) is 0 Å². The predicted molar refractivity (Wildman–Crippen MR) is 116 cm³/mol. The fraction of sp³-hybridized carbons (Fsp3) is 0.360. The Balaban J connectivity index is 1.62. The number of aryl methyl sites for hydroxylation is 2. The molecule has 0 unspecified atom stereocenters. The van der Waals surface area contributed by atoms with Gasteiger partial charge in [-0.1, -0.05) is 67.8 Å². The minimum atomic E-state index is -0.849. The molecule has 31 heavy (non-hydrogen) atoms. The van der Waals surface area contributed by atoms with Crippen LogP contribution in [0.15, 0.2) is 48.5 Å². The maximum Gasteiger partial charge on any atom is 0.379 e. The van der Waals surface area contributed by atoms with E-state index < -0.39 is 23.5 Å². The minimum Gasteiger partial charge on any atom is -0.463 e. The first-order chi connectivity index (χ1) is 15.0. The maximum absolute atomic E-state index is 11.7. The first kappa shape index (κ1) is 24.0. The smallest absolute Gasteiger partial charge is 0.379 e. The summed E-state index contributed by atoms with van der Waals surface area (Å²) in [5.74, 6) is -2.95. The van der Waals surface area contributed by atoms with Gasteiger partial charge in [0, 0.05) is 11.1 Å². The number of esters is 2. The number of carbonyl (C=O) groups excluding carboxylic acids is 4. The van der Waals surface area contributed by atoms with Gasteiger partial charge in [0.15, 0.2) is 0 Å². The number of hydrogen-bond acceptors (Lipinski definition) is 6. The molecule has 0 aliphatic carbocycles. The fourth-order valence-electron chi connectivity index (χ4n) is 3.26. The standard InChI is InChI=1S/C25H28O6/c1-30-24(28)22(26)20-14-10-18(11-15-20)8-6-4-3-5-7-9-19-12-16-21(17-13-19)23(27)25(29)31-2/h10-17H,3-9H2,1-2H3. The van der Waals surface area contributed by atoms with E-state index in [1.807, 2.05) is 24.3 Å². The Hall–Kier alpha value is -3.28. The number of ketones is 2. The van der Waals surface area contributed by atoms with Gasteiger partial charge in [0.05, 0.1) is 14.2 Å². The summed E-state index contributed by atoms with van der Waals surface area (Å²) in [7, 11) is 2.39. The second-order valence-corrected chi connectivity index (χ2v) is 7.30. The number of carbonyl (C=O) groups is 4. The van der Waals surface area contributed by atoms with Gasteiger partial charge >= 0.3 is 11.9 Å². The molecule has 2 aromatic carbocycles. The van der Waals surface area contributed by atoms with Gasteiger partial charge < -0.3 is 9.47 Å². The van der Waals surface area contributed by atoms with E-state index in [0.29, 0.717) is 11.1 Å². The molecule has 2 aromatic rings. The van der Waals surface area contributed by atoms with Gasteiger partial charge in [-0.15, -0.1) is 0 Å². The number of rotatable bonds is 12. The van der Waals surface area contributed by atoms with Crippen LogP contribution in [0.2, 0.25) is 0 Å². The summed E-state index contributed by atoms with van der Waals surface area (Å²) in [6.45, 7) is 0. The lowest BCUT2D eigenvalue weighted by molar-refractivity contribution is -0.135. The number of benzene rings is 2. The third-order valence-electron chi connectivity index (χ3n) is 5.10. The highest BCUT2D eigenvalue weighted by Crippen LogP contribution is 2.14. The molecule has 0 spiro atoms.